The first kappa shape index (κ1) is 19.1. The molecule has 1 amide bonds. The molecule has 4 rings (SSSR count). The van der Waals surface area contributed by atoms with Gasteiger partial charge in [-0.25, -0.2) is 23.1 Å². The monoisotopic (exact) mass is 397 g/mol. The van der Waals surface area contributed by atoms with Crippen LogP contribution in [0.2, 0.25) is 0 Å². The van der Waals surface area contributed by atoms with Gasteiger partial charge in [0.15, 0.2) is 5.82 Å². The molecule has 1 aromatic heterocycles. The fraction of sp³-hybridized carbons (Fsp3) is 0.227. The quantitative estimate of drug-likeness (QED) is 0.650. The maximum Gasteiger partial charge on any atom is 0.256 e. The maximum atomic E-state index is 14.0. The number of likely N-dealkylation sites (tertiary alicyclic amines) is 1. The highest BCUT2D eigenvalue weighted by Gasteiger charge is 2.28. The van der Waals surface area contributed by atoms with Crippen molar-refractivity contribution in [1.82, 2.24) is 14.9 Å². The van der Waals surface area contributed by atoms with Crippen molar-refractivity contribution in [1.29, 1.82) is 0 Å². The molecule has 1 aliphatic heterocycles. The average Bonchev–Trinajstić information content (AvgIpc) is 2.73. The largest absolute Gasteiger partial charge is 0.338 e. The van der Waals surface area contributed by atoms with Gasteiger partial charge in [0, 0.05) is 42.5 Å². The van der Waals surface area contributed by atoms with E-state index in [2.05, 4.69) is 9.97 Å². The van der Waals surface area contributed by atoms with Gasteiger partial charge in [-0.3, -0.25) is 4.79 Å². The molecule has 0 N–H and O–H groups in total. The van der Waals surface area contributed by atoms with E-state index in [1.165, 1.54) is 18.2 Å². The fourth-order valence-corrected chi connectivity index (χ4v) is 3.60. The molecule has 2 aromatic carbocycles. The van der Waals surface area contributed by atoms with Crippen molar-refractivity contribution in [3.05, 3.63) is 83.4 Å². The number of rotatable bonds is 3. The minimum atomic E-state index is -0.868. The van der Waals surface area contributed by atoms with E-state index in [0.717, 1.165) is 24.6 Å². The van der Waals surface area contributed by atoms with E-state index in [4.69, 9.17) is 0 Å². The molecule has 0 bridgehead atoms. The van der Waals surface area contributed by atoms with Crippen LogP contribution in [0.4, 0.5) is 13.2 Å². The Balaban J connectivity index is 1.56. The summed E-state index contributed by atoms with van der Waals surface area (Å²) in [5, 5.41) is 0. The van der Waals surface area contributed by atoms with Gasteiger partial charge in [0.2, 0.25) is 0 Å². The molecule has 2 heterocycles. The highest BCUT2D eigenvalue weighted by atomic mass is 19.1. The van der Waals surface area contributed by atoms with Crippen molar-refractivity contribution in [3.63, 3.8) is 0 Å². The lowest BCUT2D eigenvalue weighted by atomic mass is 9.94. The third kappa shape index (κ3) is 4.13. The highest BCUT2D eigenvalue weighted by Crippen LogP contribution is 2.28. The lowest BCUT2D eigenvalue weighted by Crippen LogP contribution is -2.39. The maximum absolute atomic E-state index is 14.0. The number of halogens is 3. The second-order valence-corrected chi connectivity index (χ2v) is 7.03. The molecule has 0 unspecified atom stereocenters. The molecule has 0 saturated carbocycles. The molecule has 29 heavy (non-hydrogen) atoms. The predicted octanol–water partition coefficient (Wildman–Crippen LogP) is 4.58. The molecule has 7 heteroatoms. The first-order valence-corrected chi connectivity index (χ1v) is 9.34. The fourth-order valence-electron chi connectivity index (χ4n) is 3.60. The number of piperidine rings is 1. The van der Waals surface area contributed by atoms with Crippen LogP contribution in [0.1, 0.15) is 34.8 Å². The van der Waals surface area contributed by atoms with Gasteiger partial charge in [-0.05, 0) is 43.2 Å². The van der Waals surface area contributed by atoms with E-state index in [0.29, 0.717) is 30.5 Å². The van der Waals surface area contributed by atoms with Gasteiger partial charge in [-0.1, -0.05) is 12.1 Å². The Morgan fingerprint density at radius 1 is 1.03 bits per heavy atom. The smallest absolute Gasteiger partial charge is 0.256 e. The van der Waals surface area contributed by atoms with Crippen molar-refractivity contribution in [2.75, 3.05) is 13.1 Å². The Bertz CT molecular complexity index is 1060. The van der Waals surface area contributed by atoms with Crippen LogP contribution < -0.4 is 0 Å². The topological polar surface area (TPSA) is 46.1 Å². The van der Waals surface area contributed by atoms with E-state index in [-0.39, 0.29) is 17.3 Å². The molecule has 3 aromatic rings. The average molecular weight is 397 g/mol. The zero-order chi connectivity index (χ0) is 20.4. The summed E-state index contributed by atoms with van der Waals surface area (Å²) in [6.07, 6.45) is 3.16. The van der Waals surface area contributed by atoms with E-state index in [9.17, 15) is 18.0 Å². The van der Waals surface area contributed by atoms with Crippen LogP contribution in [-0.2, 0) is 0 Å². The van der Waals surface area contributed by atoms with Crippen molar-refractivity contribution >= 4 is 5.91 Å². The van der Waals surface area contributed by atoms with Crippen LogP contribution in [0.3, 0.4) is 0 Å². The first-order chi connectivity index (χ1) is 14.0. The van der Waals surface area contributed by atoms with Crippen LogP contribution in [-0.4, -0.2) is 33.9 Å². The van der Waals surface area contributed by atoms with E-state index < -0.39 is 17.5 Å². The molecular weight excluding hydrogens is 379 g/mol. The number of hydrogen-bond acceptors (Lipinski definition) is 3. The van der Waals surface area contributed by atoms with Gasteiger partial charge in [0.1, 0.15) is 17.5 Å². The van der Waals surface area contributed by atoms with Gasteiger partial charge >= 0.3 is 0 Å². The molecule has 0 aliphatic carbocycles. The third-order valence-electron chi connectivity index (χ3n) is 5.05. The van der Waals surface area contributed by atoms with Gasteiger partial charge in [0.05, 0.1) is 5.56 Å². The van der Waals surface area contributed by atoms with Gasteiger partial charge < -0.3 is 4.90 Å². The number of hydrogen-bond donors (Lipinski definition) is 0. The second-order valence-electron chi connectivity index (χ2n) is 7.03. The summed E-state index contributed by atoms with van der Waals surface area (Å²) in [5.41, 5.74) is 1.18. The predicted molar refractivity (Wildman–Crippen MR) is 102 cm³/mol. The Hall–Kier alpha value is -3.22. The Morgan fingerprint density at radius 2 is 1.86 bits per heavy atom. The summed E-state index contributed by atoms with van der Waals surface area (Å²) in [6.45, 7) is 0.864. The molecule has 1 fully saturated rings. The lowest BCUT2D eigenvalue weighted by molar-refractivity contribution is 0.0701. The number of aromatic nitrogens is 2. The second kappa shape index (κ2) is 8.03. The minimum absolute atomic E-state index is 0.0495. The van der Waals surface area contributed by atoms with Gasteiger partial charge in [-0.2, -0.15) is 0 Å². The van der Waals surface area contributed by atoms with Crippen LogP contribution in [0.15, 0.2) is 54.7 Å². The Labute approximate surface area is 166 Å². The van der Waals surface area contributed by atoms with Gasteiger partial charge in [-0.15, -0.1) is 0 Å². The van der Waals surface area contributed by atoms with Crippen LogP contribution in [0.25, 0.3) is 11.4 Å². The van der Waals surface area contributed by atoms with Crippen molar-refractivity contribution in [2.45, 2.75) is 18.8 Å². The molecule has 0 radical (unpaired) electrons. The standard InChI is InChI=1S/C22H18F3N3O/c23-16-5-1-3-14(11-16)21-26-9-8-20(27-21)15-4-2-10-28(13-15)22(29)18-7-6-17(24)12-19(18)25/h1,3,5-9,11-12,15H,2,4,10,13H2/t15-/m0/s1. The van der Waals surface area contributed by atoms with Crippen molar-refractivity contribution in [3.8, 4) is 11.4 Å². The summed E-state index contributed by atoms with van der Waals surface area (Å²) >= 11 is 0. The van der Waals surface area contributed by atoms with Crippen LogP contribution >= 0.6 is 0 Å². The Morgan fingerprint density at radius 3 is 2.66 bits per heavy atom. The molecule has 0 spiro atoms. The van der Waals surface area contributed by atoms with Crippen LogP contribution in [0, 0.1) is 17.5 Å². The normalized spacial score (nSPS) is 16.7. The summed E-state index contributed by atoms with van der Waals surface area (Å²) in [5.74, 6) is -2.06. The van der Waals surface area contributed by atoms with Crippen LogP contribution in [0.5, 0.6) is 0 Å². The van der Waals surface area contributed by atoms with Gasteiger partial charge in [0.25, 0.3) is 5.91 Å². The zero-order valence-electron chi connectivity index (χ0n) is 15.5. The molecule has 4 nitrogen and oxygen atoms in total. The SMILES string of the molecule is O=C(c1ccc(F)cc1F)N1CCC[C@H](c2ccnc(-c3cccc(F)c3)n2)C1. The summed E-state index contributed by atoms with van der Waals surface area (Å²) in [6, 6.07) is 10.8. The molecular formula is C22H18F3N3O. The first-order valence-electron chi connectivity index (χ1n) is 9.34. The summed E-state index contributed by atoms with van der Waals surface area (Å²) in [7, 11) is 0. The number of nitrogens with zero attached hydrogens (tertiary/aromatic N) is 3. The number of carbonyl (C=O) groups is 1. The molecule has 1 saturated heterocycles. The minimum Gasteiger partial charge on any atom is -0.338 e. The lowest BCUT2D eigenvalue weighted by Gasteiger charge is -2.32. The Kier molecular flexibility index (Phi) is 5.29. The number of amides is 1. The number of benzene rings is 2. The summed E-state index contributed by atoms with van der Waals surface area (Å²) in [4.78, 5) is 23.1. The molecule has 1 atom stereocenters. The van der Waals surface area contributed by atoms with Crippen molar-refractivity contribution < 1.29 is 18.0 Å². The highest BCUT2D eigenvalue weighted by molar-refractivity contribution is 5.94. The zero-order valence-corrected chi connectivity index (χ0v) is 15.5. The number of carbonyl (C=O) groups excluding carboxylic acids is 1. The molecule has 1 aliphatic rings. The van der Waals surface area contributed by atoms with E-state index in [1.807, 2.05) is 0 Å². The third-order valence-corrected chi connectivity index (χ3v) is 5.05. The summed E-state index contributed by atoms with van der Waals surface area (Å²) < 4.78 is 40.7. The van der Waals surface area contributed by atoms with E-state index >= 15 is 0 Å². The van der Waals surface area contributed by atoms with E-state index in [1.54, 1.807) is 29.3 Å². The molecule has 148 valence electrons. The van der Waals surface area contributed by atoms with Crippen molar-refractivity contribution in [2.24, 2.45) is 0 Å².